The van der Waals surface area contributed by atoms with Crippen LogP contribution in [0.4, 0.5) is 9.18 Å². The van der Waals surface area contributed by atoms with Crippen molar-refractivity contribution in [2.24, 2.45) is 0 Å². The number of carbonyl (C=O) groups is 2. The van der Waals surface area contributed by atoms with Crippen LogP contribution in [0.25, 0.3) is 0 Å². The quantitative estimate of drug-likeness (QED) is 0.765. The predicted octanol–water partition coefficient (Wildman–Crippen LogP) is 1.72. The van der Waals surface area contributed by atoms with Gasteiger partial charge in [0, 0.05) is 12.1 Å². The maximum atomic E-state index is 14.1. The largest absolute Gasteiger partial charge is 0.494 e. The van der Waals surface area contributed by atoms with Crippen molar-refractivity contribution in [3.8, 4) is 0 Å². The SMILES string of the molecule is Cc1ccc(B2OC(C)(C)C(C)(C)O2)cc1C(=O)N[C@@H]1CN(C(=O)O)C[C@H]1F. The zero-order valence-corrected chi connectivity index (χ0v) is 16.8. The lowest BCUT2D eigenvalue weighted by atomic mass is 9.77. The summed E-state index contributed by atoms with van der Waals surface area (Å²) >= 11 is 0. The lowest BCUT2D eigenvalue weighted by Crippen LogP contribution is -2.42. The lowest BCUT2D eigenvalue weighted by molar-refractivity contribution is 0.00578. The molecule has 0 saturated carbocycles. The fourth-order valence-corrected chi connectivity index (χ4v) is 3.31. The van der Waals surface area contributed by atoms with Gasteiger partial charge in [-0.1, -0.05) is 12.1 Å². The van der Waals surface area contributed by atoms with Crippen LogP contribution in [0.5, 0.6) is 0 Å². The number of carboxylic acid groups (broad SMARTS) is 1. The van der Waals surface area contributed by atoms with E-state index in [0.29, 0.717) is 11.0 Å². The lowest BCUT2D eigenvalue weighted by Gasteiger charge is -2.32. The van der Waals surface area contributed by atoms with Crippen LogP contribution in [0.15, 0.2) is 18.2 Å². The number of alkyl halides is 1. The third-order valence-corrected chi connectivity index (χ3v) is 5.87. The second-order valence-corrected chi connectivity index (χ2v) is 8.45. The fourth-order valence-electron chi connectivity index (χ4n) is 3.31. The smallest absolute Gasteiger partial charge is 0.465 e. The average Bonchev–Trinajstić information content (AvgIpc) is 3.04. The molecule has 0 unspecified atom stereocenters. The van der Waals surface area contributed by atoms with Crippen molar-refractivity contribution in [3.05, 3.63) is 29.3 Å². The minimum atomic E-state index is -1.44. The first-order valence-electron chi connectivity index (χ1n) is 9.30. The molecule has 3 rings (SSSR count). The van der Waals surface area contributed by atoms with Gasteiger partial charge in [-0.3, -0.25) is 4.79 Å². The van der Waals surface area contributed by atoms with Gasteiger partial charge in [0.15, 0.2) is 0 Å². The van der Waals surface area contributed by atoms with E-state index in [1.165, 1.54) is 0 Å². The Bertz CT molecular complexity index is 785. The Balaban J connectivity index is 1.77. The van der Waals surface area contributed by atoms with E-state index < -0.39 is 42.5 Å². The van der Waals surface area contributed by atoms with Crippen LogP contribution in [-0.4, -0.2) is 65.6 Å². The van der Waals surface area contributed by atoms with Crippen LogP contribution in [0.2, 0.25) is 0 Å². The monoisotopic (exact) mass is 392 g/mol. The second-order valence-electron chi connectivity index (χ2n) is 8.45. The van der Waals surface area contributed by atoms with E-state index in [-0.39, 0.29) is 13.1 Å². The number of nitrogens with zero attached hydrogens (tertiary/aromatic N) is 1. The van der Waals surface area contributed by atoms with Gasteiger partial charge in [0.25, 0.3) is 5.91 Å². The van der Waals surface area contributed by atoms with Crippen LogP contribution >= 0.6 is 0 Å². The summed E-state index contributed by atoms with van der Waals surface area (Å²) in [6.45, 7) is 9.27. The van der Waals surface area contributed by atoms with Crippen LogP contribution in [-0.2, 0) is 9.31 Å². The van der Waals surface area contributed by atoms with Crippen molar-refractivity contribution in [1.29, 1.82) is 0 Å². The topological polar surface area (TPSA) is 88.1 Å². The first-order valence-corrected chi connectivity index (χ1v) is 9.30. The summed E-state index contributed by atoms with van der Waals surface area (Å²) in [6, 6.07) is 4.45. The van der Waals surface area contributed by atoms with Crippen LogP contribution in [0.3, 0.4) is 0 Å². The standard InChI is InChI=1S/C19H26BFN2O5/c1-11-6-7-12(20-27-18(2,3)19(4,5)28-20)8-13(11)16(24)22-15-10-23(17(25)26)9-14(15)21/h6-8,14-15H,9-10H2,1-5H3,(H,22,24)(H,25,26)/t14-,15-/m1/s1. The fraction of sp³-hybridized carbons (Fsp3) is 0.579. The molecule has 0 spiro atoms. The molecule has 0 bridgehead atoms. The van der Waals surface area contributed by atoms with Crippen molar-refractivity contribution in [2.75, 3.05) is 13.1 Å². The Morgan fingerprint density at radius 2 is 1.82 bits per heavy atom. The molecule has 2 heterocycles. The number of hydrogen-bond donors (Lipinski definition) is 2. The van der Waals surface area contributed by atoms with E-state index in [2.05, 4.69) is 5.32 Å². The number of aryl methyl sites for hydroxylation is 1. The Morgan fingerprint density at radius 3 is 2.36 bits per heavy atom. The van der Waals surface area contributed by atoms with Crippen molar-refractivity contribution < 1.29 is 28.4 Å². The second kappa shape index (κ2) is 7.04. The normalized spacial score (nSPS) is 25.8. The molecule has 2 N–H and O–H groups in total. The predicted molar refractivity (Wildman–Crippen MR) is 103 cm³/mol. The molecule has 1 aromatic rings. The molecule has 0 radical (unpaired) electrons. The minimum absolute atomic E-state index is 0.0712. The van der Waals surface area contributed by atoms with E-state index in [9.17, 15) is 14.0 Å². The molecule has 2 aliphatic heterocycles. The summed E-state index contributed by atoms with van der Waals surface area (Å²) in [4.78, 5) is 24.7. The van der Waals surface area contributed by atoms with E-state index in [1.807, 2.05) is 33.8 Å². The minimum Gasteiger partial charge on any atom is -0.465 e. The molecule has 1 aromatic carbocycles. The van der Waals surface area contributed by atoms with Crippen LogP contribution in [0.1, 0.15) is 43.6 Å². The maximum Gasteiger partial charge on any atom is 0.494 e. The highest BCUT2D eigenvalue weighted by Gasteiger charge is 2.51. The molecule has 2 amide bonds. The van der Waals surface area contributed by atoms with Gasteiger partial charge in [-0.2, -0.15) is 0 Å². The molecule has 2 saturated heterocycles. The van der Waals surface area contributed by atoms with Gasteiger partial charge in [0.2, 0.25) is 0 Å². The average molecular weight is 392 g/mol. The highest BCUT2D eigenvalue weighted by Crippen LogP contribution is 2.36. The molecule has 0 aliphatic carbocycles. The number of halogens is 1. The summed E-state index contributed by atoms with van der Waals surface area (Å²) in [5, 5.41) is 11.6. The van der Waals surface area contributed by atoms with E-state index in [4.69, 9.17) is 14.4 Å². The van der Waals surface area contributed by atoms with Crippen molar-refractivity contribution in [1.82, 2.24) is 10.2 Å². The maximum absolute atomic E-state index is 14.1. The van der Waals surface area contributed by atoms with Gasteiger partial charge in [-0.05, 0) is 51.7 Å². The van der Waals surface area contributed by atoms with Gasteiger partial charge in [0.1, 0.15) is 6.17 Å². The number of rotatable bonds is 3. The molecule has 2 atom stereocenters. The Kier molecular flexibility index (Phi) is 5.18. The number of likely N-dealkylation sites (tertiary alicyclic amines) is 1. The van der Waals surface area contributed by atoms with E-state index in [1.54, 1.807) is 19.1 Å². The summed E-state index contributed by atoms with van der Waals surface area (Å²) < 4.78 is 26.2. The Morgan fingerprint density at radius 1 is 1.21 bits per heavy atom. The molecular formula is C19H26BFN2O5. The van der Waals surface area contributed by atoms with Crippen molar-refractivity contribution in [3.63, 3.8) is 0 Å². The molecule has 9 heteroatoms. The summed E-state index contributed by atoms with van der Waals surface area (Å²) in [6.07, 6.45) is -2.63. The number of nitrogens with one attached hydrogen (secondary N) is 1. The van der Waals surface area contributed by atoms with Gasteiger partial charge in [-0.15, -0.1) is 0 Å². The highest BCUT2D eigenvalue weighted by atomic mass is 19.1. The summed E-state index contributed by atoms with van der Waals surface area (Å²) in [5.41, 5.74) is 0.798. The summed E-state index contributed by atoms with van der Waals surface area (Å²) in [5.74, 6) is -0.448. The number of carbonyl (C=O) groups excluding carboxylic acids is 1. The number of hydrogen-bond acceptors (Lipinski definition) is 4. The third-order valence-electron chi connectivity index (χ3n) is 5.87. The zero-order valence-electron chi connectivity index (χ0n) is 16.8. The number of amides is 2. The van der Waals surface area contributed by atoms with E-state index in [0.717, 1.165) is 10.5 Å². The molecular weight excluding hydrogens is 366 g/mol. The van der Waals surface area contributed by atoms with E-state index >= 15 is 0 Å². The van der Waals surface area contributed by atoms with Crippen molar-refractivity contribution in [2.45, 2.75) is 58.0 Å². The molecule has 152 valence electrons. The molecule has 7 nitrogen and oxygen atoms in total. The zero-order chi connectivity index (χ0) is 20.9. The Hall–Kier alpha value is -2.13. The Labute approximate surface area is 164 Å². The number of benzene rings is 1. The first-order chi connectivity index (χ1) is 12.9. The van der Waals surface area contributed by atoms with Gasteiger partial charge < -0.3 is 24.6 Å². The molecule has 2 aliphatic rings. The first kappa shape index (κ1) is 20.6. The highest BCUT2D eigenvalue weighted by molar-refractivity contribution is 6.62. The molecule has 2 fully saturated rings. The van der Waals surface area contributed by atoms with Gasteiger partial charge in [-0.25, -0.2) is 9.18 Å². The summed E-state index contributed by atoms with van der Waals surface area (Å²) in [7, 11) is -0.611. The third kappa shape index (κ3) is 3.73. The molecule has 28 heavy (non-hydrogen) atoms. The molecule has 0 aromatic heterocycles. The van der Waals surface area contributed by atoms with Crippen LogP contribution < -0.4 is 10.8 Å². The van der Waals surface area contributed by atoms with Crippen LogP contribution in [0, 0.1) is 6.92 Å². The van der Waals surface area contributed by atoms with Crippen molar-refractivity contribution >= 4 is 24.6 Å². The van der Waals surface area contributed by atoms with Gasteiger partial charge in [0.05, 0.1) is 23.8 Å². The van der Waals surface area contributed by atoms with Gasteiger partial charge >= 0.3 is 13.2 Å².